The number of benzene rings is 1. The highest BCUT2D eigenvalue weighted by Crippen LogP contribution is 2.37. The second-order valence-electron chi connectivity index (χ2n) is 7.05. The molecule has 3 aromatic heterocycles. The maximum absolute atomic E-state index is 13.0. The van der Waals surface area contributed by atoms with Gasteiger partial charge in [0.15, 0.2) is 0 Å². The highest BCUT2D eigenvalue weighted by Gasteiger charge is 2.32. The first-order chi connectivity index (χ1) is 16.3. The van der Waals surface area contributed by atoms with Crippen molar-refractivity contribution < 1.29 is 27.4 Å². The molecule has 0 fully saturated rings. The molecular weight excluding hydrogens is 449 g/mol. The number of hydrogen-bond donors (Lipinski definition) is 1. The molecule has 7 nitrogen and oxygen atoms in total. The third kappa shape index (κ3) is 5.66. The van der Waals surface area contributed by atoms with Crippen LogP contribution in [0.3, 0.4) is 0 Å². The number of ether oxygens (including phenoxy) is 2. The van der Waals surface area contributed by atoms with Crippen molar-refractivity contribution in [3.05, 3.63) is 90.5 Å². The topological polar surface area (TPSA) is 86.2 Å². The normalized spacial score (nSPS) is 11.1. The second-order valence-corrected chi connectivity index (χ2v) is 7.05. The summed E-state index contributed by atoms with van der Waals surface area (Å²) in [5.41, 5.74) is 1.54. The summed E-state index contributed by atoms with van der Waals surface area (Å²) in [5, 5.41) is 2.64. The fourth-order valence-electron chi connectivity index (χ4n) is 3.05. The van der Waals surface area contributed by atoms with Gasteiger partial charge in [0.25, 0.3) is 5.91 Å². The number of nitrogens with zero attached hydrogens (tertiary/aromatic N) is 3. The van der Waals surface area contributed by atoms with Gasteiger partial charge >= 0.3 is 6.36 Å². The van der Waals surface area contributed by atoms with E-state index in [1.54, 1.807) is 37.4 Å². The highest BCUT2D eigenvalue weighted by molar-refractivity contribution is 6.04. The van der Waals surface area contributed by atoms with E-state index in [2.05, 4.69) is 25.0 Å². The number of aryl methyl sites for hydroxylation is 1. The number of nitrogens with one attached hydrogen (secondary N) is 1. The zero-order valence-electron chi connectivity index (χ0n) is 17.7. The molecule has 1 aromatic carbocycles. The number of rotatable bonds is 6. The first kappa shape index (κ1) is 22.7. The molecule has 34 heavy (non-hydrogen) atoms. The molecule has 1 amide bonds. The van der Waals surface area contributed by atoms with Crippen LogP contribution in [0.1, 0.15) is 15.9 Å². The number of carbonyl (C=O) groups excluding carboxylic acids is 1. The lowest BCUT2D eigenvalue weighted by molar-refractivity contribution is -0.274. The maximum atomic E-state index is 13.0. The minimum absolute atomic E-state index is 0.0965. The minimum atomic E-state index is -4.89. The monoisotopic (exact) mass is 466 g/mol. The van der Waals surface area contributed by atoms with E-state index in [1.807, 2.05) is 0 Å². The number of amides is 1. The lowest BCUT2D eigenvalue weighted by atomic mass is 10.1. The molecule has 4 aromatic rings. The van der Waals surface area contributed by atoms with Crippen LogP contribution in [0.15, 0.2) is 79.4 Å². The van der Waals surface area contributed by atoms with E-state index in [0.29, 0.717) is 11.1 Å². The van der Waals surface area contributed by atoms with Gasteiger partial charge in [0.05, 0.1) is 5.56 Å². The van der Waals surface area contributed by atoms with E-state index in [4.69, 9.17) is 4.74 Å². The van der Waals surface area contributed by atoms with Crippen LogP contribution < -0.4 is 14.8 Å². The molecule has 0 atom stereocenters. The number of anilines is 1. The zero-order chi connectivity index (χ0) is 24.1. The molecular formula is C24H17F3N4O3. The van der Waals surface area contributed by atoms with Crippen LogP contribution in [0.2, 0.25) is 0 Å². The van der Waals surface area contributed by atoms with Crippen LogP contribution in [-0.2, 0) is 0 Å². The number of pyridine rings is 3. The van der Waals surface area contributed by atoms with E-state index >= 15 is 0 Å². The molecule has 0 aliphatic rings. The number of alkyl halides is 3. The number of carbonyl (C=O) groups is 1. The largest absolute Gasteiger partial charge is 0.573 e. The van der Waals surface area contributed by atoms with Crippen LogP contribution >= 0.6 is 0 Å². The summed E-state index contributed by atoms with van der Waals surface area (Å²) in [6, 6.07) is 13.6. The summed E-state index contributed by atoms with van der Waals surface area (Å²) in [5.74, 6) is -0.0770. The SMILES string of the molecule is Cc1ccncc1C(=O)Nc1ccc(-c2cc(Oc3ccccn3)ccc2OC(F)(F)F)cn1. The van der Waals surface area contributed by atoms with E-state index in [9.17, 15) is 18.0 Å². The first-order valence-corrected chi connectivity index (χ1v) is 9.95. The van der Waals surface area contributed by atoms with Gasteiger partial charge < -0.3 is 14.8 Å². The lowest BCUT2D eigenvalue weighted by Crippen LogP contribution is -2.17. The standard InChI is InChI=1S/C24H17F3N4O3/c1-15-9-11-28-14-19(15)23(32)31-21-8-5-16(13-30-21)18-12-17(33-22-4-2-3-10-29-22)6-7-20(18)34-24(25,26)27/h2-14H,1H3,(H,30,31,32). The van der Waals surface area contributed by atoms with Crippen molar-refractivity contribution in [3.8, 4) is 28.5 Å². The van der Waals surface area contributed by atoms with E-state index in [0.717, 1.165) is 11.6 Å². The van der Waals surface area contributed by atoms with Gasteiger partial charge in [0.1, 0.15) is 17.3 Å². The molecule has 0 bridgehead atoms. The van der Waals surface area contributed by atoms with Crippen molar-refractivity contribution in [2.24, 2.45) is 0 Å². The van der Waals surface area contributed by atoms with Crippen molar-refractivity contribution in [2.45, 2.75) is 13.3 Å². The lowest BCUT2D eigenvalue weighted by Gasteiger charge is -2.15. The third-order valence-electron chi connectivity index (χ3n) is 4.64. The Balaban J connectivity index is 1.61. The van der Waals surface area contributed by atoms with Crippen molar-refractivity contribution in [2.75, 3.05) is 5.32 Å². The quantitative estimate of drug-likeness (QED) is 0.387. The molecule has 0 aliphatic carbocycles. The number of hydrogen-bond acceptors (Lipinski definition) is 6. The summed E-state index contributed by atoms with van der Waals surface area (Å²) in [4.78, 5) is 24.6. The van der Waals surface area contributed by atoms with Gasteiger partial charge in [-0.1, -0.05) is 6.07 Å². The molecule has 0 saturated carbocycles. The van der Waals surface area contributed by atoms with Crippen molar-refractivity contribution in [3.63, 3.8) is 0 Å². The van der Waals surface area contributed by atoms with E-state index in [1.165, 1.54) is 42.9 Å². The van der Waals surface area contributed by atoms with Crippen molar-refractivity contribution >= 4 is 11.7 Å². The Morgan fingerprint density at radius 2 is 1.82 bits per heavy atom. The molecule has 0 aliphatic heterocycles. The number of aromatic nitrogens is 3. The average molecular weight is 466 g/mol. The van der Waals surface area contributed by atoms with Gasteiger partial charge in [0, 0.05) is 42.0 Å². The van der Waals surface area contributed by atoms with Crippen molar-refractivity contribution in [1.82, 2.24) is 15.0 Å². The Bertz CT molecular complexity index is 1300. The van der Waals surface area contributed by atoms with Crippen LogP contribution in [0.4, 0.5) is 19.0 Å². The van der Waals surface area contributed by atoms with Gasteiger partial charge in [-0.05, 0) is 55.0 Å². The Labute approximate surface area is 192 Å². The fourth-order valence-corrected chi connectivity index (χ4v) is 3.05. The molecule has 1 N–H and O–H groups in total. The van der Waals surface area contributed by atoms with Crippen LogP contribution in [-0.4, -0.2) is 27.2 Å². The molecule has 0 saturated heterocycles. The molecule has 4 rings (SSSR count). The van der Waals surface area contributed by atoms with Gasteiger partial charge in [0.2, 0.25) is 5.88 Å². The Morgan fingerprint density at radius 3 is 2.50 bits per heavy atom. The Kier molecular flexibility index (Phi) is 6.39. The number of halogens is 3. The van der Waals surface area contributed by atoms with Crippen LogP contribution in [0.25, 0.3) is 11.1 Å². The second kappa shape index (κ2) is 9.57. The molecule has 0 unspecified atom stereocenters. The Morgan fingerprint density at radius 1 is 0.971 bits per heavy atom. The summed E-state index contributed by atoms with van der Waals surface area (Å²) in [7, 11) is 0. The van der Waals surface area contributed by atoms with Crippen LogP contribution in [0, 0.1) is 6.92 Å². The predicted molar refractivity (Wildman–Crippen MR) is 118 cm³/mol. The summed E-state index contributed by atoms with van der Waals surface area (Å²) in [6.07, 6.45) is 0.982. The molecule has 10 heteroatoms. The van der Waals surface area contributed by atoms with Gasteiger partial charge in [-0.3, -0.25) is 9.78 Å². The summed E-state index contributed by atoms with van der Waals surface area (Å²) in [6.45, 7) is 1.77. The maximum Gasteiger partial charge on any atom is 0.573 e. The minimum Gasteiger partial charge on any atom is -0.439 e. The first-order valence-electron chi connectivity index (χ1n) is 9.95. The van der Waals surface area contributed by atoms with Gasteiger partial charge in [-0.25, -0.2) is 9.97 Å². The average Bonchev–Trinajstić information content (AvgIpc) is 2.81. The summed E-state index contributed by atoms with van der Waals surface area (Å²) >= 11 is 0. The highest BCUT2D eigenvalue weighted by atomic mass is 19.4. The van der Waals surface area contributed by atoms with Crippen molar-refractivity contribution in [1.29, 1.82) is 0 Å². The van der Waals surface area contributed by atoms with Crippen LogP contribution in [0.5, 0.6) is 17.4 Å². The fraction of sp³-hybridized carbons (Fsp3) is 0.0833. The smallest absolute Gasteiger partial charge is 0.439 e. The molecule has 3 heterocycles. The Hall–Kier alpha value is -4.47. The predicted octanol–water partition coefficient (Wildman–Crippen LogP) is 5.79. The van der Waals surface area contributed by atoms with E-state index < -0.39 is 18.0 Å². The zero-order valence-corrected chi connectivity index (χ0v) is 17.7. The van der Waals surface area contributed by atoms with Gasteiger partial charge in [-0.15, -0.1) is 13.2 Å². The molecule has 172 valence electrons. The molecule has 0 spiro atoms. The molecule has 0 radical (unpaired) electrons. The summed E-state index contributed by atoms with van der Waals surface area (Å²) < 4.78 is 48.7. The third-order valence-corrected chi connectivity index (χ3v) is 4.64. The van der Waals surface area contributed by atoms with Gasteiger partial charge in [-0.2, -0.15) is 0 Å². The van der Waals surface area contributed by atoms with E-state index in [-0.39, 0.29) is 23.0 Å².